The molecule has 3 rings (SSSR count). The average Bonchev–Trinajstić information content (AvgIpc) is 2.76. The van der Waals surface area contributed by atoms with Gasteiger partial charge in [0, 0.05) is 30.3 Å². The Bertz CT molecular complexity index is 525. The van der Waals surface area contributed by atoms with E-state index in [0.29, 0.717) is 0 Å². The molecule has 0 spiro atoms. The first kappa shape index (κ1) is 10.9. The molecule has 1 aliphatic rings. The molecule has 1 saturated heterocycles. The van der Waals surface area contributed by atoms with E-state index < -0.39 is 0 Å². The molecule has 88 valence electrons. The standard InChI is InChI=1S/C13H16BNO2/c1-13(2)8-16-14(17-9-13)11-4-3-10-5-6-15-12(10)7-11/h3-7,15H,8-9H2,1-2H3. The Morgan fingerprint density at radius 1 is 1.18 bits per heavy atom. The van der Waals surface area contributed by atoms with Crippen LogP contribution in [-0.4, -0.2) is 25.3 Å². The molecule has 0 unspecified atom stereocenters. The first-order chi connectivity index (χ1) is 8.14. The van der Waals surface area contributed by atoms with Gasteiger partial charge in [-0.3, -0.25) is 0 Å². The van der Waals surface area contributed by atoms with Gasteiger partial charge in [0.1, 0.15) is 0 Å². The summed E-state index contributed by atoms with van der Waals surface area (Å²) in [5.41, 5.74) is 2.32. The fourth-order valence-corrected chi connectivity index (χ4v) is 2.10. The summed E-state index contributed by atoms with van der Waals surface area (Å²) in [5.74, 6) is 0. The number of rotatable bonds is 1. The highest BCUT2D eigenvalue weighted by Crippen LogP contribution is 2.21. The van der Waals surface area contributed by atoms with E-state index in [9.17, 15) is 0 Å². The maximum absolute atomic E-state index is 5.77. The van der Waals surface area contributed by atoms with E-state index in [4.69, 9.17) is 9.31 Å². The minimum absolute atomic E-state index is 0.118. The highest BCUT2D eigenvalue weighted by atomic mass is 16.6. The van der Waals surface area contributed by atoms with Crippen LogP contribution >= 0.6 is 0 Å². The predicted molar refractivity (Wildman–Crippen MR) is 69.4 cm³/mol. The van der Waals surface area contributed by atoms with E-state index in [1.807, 2.05) is 6.20 Å². The second-order valence-electron chi connectivity index (χ2n) is 5.44. The van der Waals surface area contributed by atoms with Gasteiger partial charge < -0.3 is 14.3 Å². The number of H-pyrrole nitrogens is 1. The molecule has 4 heteroatoms. The van der Waals surface area contributed by atoms with Crippen LogP contribution in [0.15, 0.2) is 30.5 Å². The van der Waals surface area contributed by atoms with E-state index in [2.05, 4.69) is 43.1 Å². The SMILES string of the molecule is CC1(C)COB(c2ccc3cc[nH]c3c2)OC1. The third-order valence-electron chi connectivity index (χ3n) is 3.10. The lowest BCUT2D eigenvalue weighted by molar-refractivity contribution is 0.0343. The van der Waals surface area contributed by atoms with Crippen molar-refractivity contribution in [2.75, 3.05) is 13.2 Å². The molecule has 1 aromatic carbocycles. The molecule has 1 N–H and O–H groups in total. The molecule has 2 heterocycles. The number of benzene rings is 1. The van der Waals surface area contributed by atoms with Crippen molar-refractivity contribution in [3.63, 3.8) is 0 Å². The van der Waals surface area contributed by atoms with Crippen molar-refractivity contribution in [3.8, 4) is 0 Å². The van der Waals surface area contributed by atoms with Gasteiger partial charge in [-0.2, -0.15) is 0 Å². The van der Waals surface area contributed by atoms with Crippen LogP contribution in [0.3, 0.4) is 0 Å². The average molecular weight is 229 g/mol. The first-order valence-electron chi connectivity index (χ1n) is 5.94. The molecule has 0 radical (unpaired) electrons. The topological polar surface area (TPSA) is 34.2 Å². The van der Waals surface area contributed by atoms with Gasteiger partial charge >= 0.3 is 7.12 Å². The van der Waals surface area contributed by atoms with E-state index >= 15 is 0 Å². The van der Waals surface area contributed by atoms with Crippen molar-refractivity contribution in [3.05, 3.63) is 30.5 Å². The largest absolute Gasteiger partial charge is 0.493 e. The Morgan fingerprint density at radius 3 is 2.71 bits per heavy atom. The Morgan fingerprint density at radius 2 is 1.94 bits per heavy atom. The van der Waals surface area contributed by atoms with E-state index in [0.717, 1.165) is 24.2 Å². The second kappa shape index (κ2) is 3.89. The van der Waals surface area contributed by atoms with Gasteiger partial charge in [0.05, 0.1) is 0 Å². The highest BCUT2D eigenvalue weighted by Gasteiger charge is 2.33. The number of nitrogens with one attached hydrogen (secondary N) is 1. The van der Waals surface area contributed by atoms with E-state index in [1.165, 1.54) is 5.39 Å². The smallest absolute Gasteiger partial charge is 0.407 e. The van der Waals surface area contributed by atoms with Crippen LogP contribution in [0.2, 0.25) is 0 Å². The van der Waals surface area contributed by atoms with Crippen molar-refractivity contribution in [1.29, 1.82) is 0 Å². The van der Waals surface area contributed by atoms with E-state index in [1.54, 1.807) is 0 Å². The highest BCUT2D eigenvalue weighted by molar-refractivity contribution is 6.61. The Kier molecular flexibility index (Phi) is 2.49. The molecule has 1 aliphatic heterocycles. The molecular weight excluding hydrogens is 213 g/mol. The summed E-state index contributed by atoms with van der Waals surface area (Å²) in [6.45, 7) is 5.77. The normalized spacial score (nSPS) is 19.8. The van der Waals surface area contributed by atoms with Gasteiger partial charge in [0.25, 0.3) is 0 Å². The van der Waals surface area contributed by atoms with Crippen molar-refractivity contribution in [2.45, 2.75) is 13.8 Å². The Hall–Kier alpha value is -1.26. The summed E-state index contributed by atoms with van der Waals surface area (Å²) in [6, 6.07) is 8.32. The summed E-state index contributed by atoms with van der Waals surface area (Å²) < 4.78 is 11.5. The molecule has 0 atom stereocenters. The zero-order valence-electron chi connectivity index (χ0n) is 10.2. The lowest BCUT2D eigenvalue weighted by Gasteiger charge is -2.33. The molecule has 0 saturated carbocycles. The van der Waals surface area contributed by atoms with Crippen LogP contribution in [0.4, 0.5) is 0 Å². The molecule has 0 amide bonds. The van der Waals surface area contributed by atoms with Crippen molar-refractivity contribution in [1.82, 2.24) is 4.98 Å². The molecule has 1 aromatic heterocycles. The van der Waals surface area contributed by atoms with E-state index in [-0.39, 0.29) is 12.5 Å². The molecule has 0 aliphatic carbocycles. The monoisotopic (exact) mass is 229 g/mol. The van der Waals surface area contributed by atoms with Gasteiger partial charge in [0.2, 0.25) is 0 Å². The number of aromatic amines is 1. The van der Waals surface area contributed by atoms with Crippen LogP contribution in [0.1, 0.15) is 13.8 Å². The lowest BCUT2D eigenvalue weighted by Crippen LogP contribution is -2.47. The molecule has 17 heavy (non-hydrogen) atoms. The first-order valence-corrected chi connectivity index (χ1v) is 5.94. The Balaban J connectivity index is 1.84. The fourth-order valence-electron chi connectivity index (χ4n) is 2.10. The van der Waals surface area contributed by atoms with Gasteiger partial charge in [0.15, 0.2) is 0 Å². The fraction of sp³-hybridized carbons (Fsp3) is 0.385. The third-order valence-corrected chi connectivity index (χ3v) is 3.10. The summed E-state index contributed by atoms with van der Waals surface area (Å²) in [5, 5.41) is 1.21. The summed E-state index contributed by atoms with van der Waals surface area (Å²) in [4.78, 5) is 3.20. The Labute approximate surface area is 101 Å². The minimum Gasteiger partial charge on any atom is -0.407 e. The third kappa shape index (κ3) is 2.10. The zero-order chi connectivity index (χ0) is 11.9. The van der Waals surface area contributed by atoms with Crippen molar-refractivity contribution < 1.29 is 9.31 Å². The second-order valence-corrected chi connectivity index (χ2v) is 5.44. The summed E-state index contributed by atoms with van der Waals surface area (Å²) in [6.07, 6.45) is 1.94. The lowest BCUT2D eigenvalue weighted by atomic mass is 9.76. The van der Waals surface area contributed by atoms with Gasteiger partial charge in [-0.25, -0.2) is 0 Å². The molecular formula is C13H16BNO2. The van der Waals surface area contributed by atoms with Gasteiger partial charge in [-0.15, -0.1) is 0 Å². The van der Waals surface area contributed by atoms with Crippen LogP contribution in [0, 0.1) is 5.41 Å². The van der Waals surface area contributed by atoms with Crippen molar-refractivity contribution in [2.24, 2.45) is 5.41 Å². The van der Waals surface area contributed by atoms with Crippen LogP contribution < -0.4 is 5.46 Å². The quantitative estimate of drug-likeness (QED) is 0.758. The maximum Gasteiger partial charge on any atom is 0.493 e. The predicted octanol–water partition coefficient (Wildman–Crippen LogP) is 1.94. The van der Waals surface area contributed by atoms with Crippen LogP contribution in [0.25, 0.3) is 10.9 Å². The van der Waals surface area contributed by atoms with Crippen LogP contribution in [0.5, 0.6) is 0 Å². The van der Waals surface area contributed by atoms with Crippen LogP contribution in [-0.2, 0) is 9.31 Å². The molecule has 3 nitrogen and oxygen atoms in total. The van der Waals surface area contributed by atoms with Gasteiger partial charge in [-0.05, 0) is 23.0 Å². The number of fused-ring (bicyclic) bond motifs is 1. The summed E-state index contributed by atoms with van der Waals surface area (Å²) in [7, 11) is -0.226. The maximum atomic E-state index is 5.77. The number of aromatic nitrogens is 1. The molecule has 1 fully saturated rings. The minimum atomic E-state index is -0.226. The van der Waals surface area contributed by atoms with Gasteiger partial charge in [-0.1, -0.05) is 26.0 Å². The molecule has 0 bridgehead atoms. The number of hydrogen-bond donors (Lipinski definition) is 1. The number of hydrogen-bond acceptors (Lipinski definition) is 2. The summed E-state index contributed by atoms with van der Waals surface area (Å²) >= 11 is 0. The van der Waals surface area contributed by atoms with Crippen molar-refractivity contribution >= 4 is 23.5 Å². The molecule has 2 aromatic rings. The zero-order valence-corrected chi connectivity index (χ0v) is 10.2.